The first kappa shape index (κ1) is 27.5. The van der Waals surface area contributed by atoms with Crippen LogP contribution in [-0.2, 0) is 9.53 Å². The van der Waals surface area contributed by atoms with Gasteiger partial charge in [0.2, 0.25) is 0 Å². The van der Waals surface area contributed by atoms with Gasteiger partial charge in [0.1, 0.15) is 0 Å². The molecule has 0 saturated carbocycles. The van der Waals surface area contributed by atoms with Crippen LogP contribution in [0, 0.1) is 0 Å². The van der Waals surface area contributed by atoms with E-state index in [0.29, 0.717) is 6.42 Å². The fraction of sp³-hybridized carbons (Fsp3) is 0.962. The molecule has 0 rings (SSSR count). The third-order valence-corrected chi connectivity index (χ3v) is 5.78. The minimum absolute atomic E-state index is 0.0117. The van der Waals surface area contributed by atoms with Crippen LogP contribution in [-0.4, -0.2) is 12.1 Å². The zero-order valence-electron chi connectivity index (χ0n) is 19.7. The number of carbonyl (C=O) groups is 1. The minimum atomic E-state index is 0.0117. The molecule has 0 heterocycles. The van der Waals surface area contributed by atoms with E-state index in [1.807, 2.05) is 6.92 Å². The van der Waals surface area contributed by atoms with E-state index in [1.54, 1.807) is 0 Å². The molecule has 0 spiro atoms. The Hall–Kier alpha value is -0.530. The molecule has 0 aromatic carbocycles. The molecule has 28 heavy (non-hydrogen) atoms. The Labute approximate surface area is 177 Å². The van der Waals surface area contributed by atoms with Gasteiger partial charge in [-0.2, -0.15) is 0 Å². The van der Waals surface area contributed by atoms with Crippen LogP contribution < -0.4 is 0 Å². The van der Waals surface area contributed by atoms with E-state index in [1.165, 1.54) is 116 Å². The number of esters is 1. The summed E-state index contributed by atoms with van der Waals surface area (Å²) in [7, 11) is 0. The van der Waals surface area contributed by atoms with Crippen LogP contribution in [0.1, 0.15) is 156 Å². The van der Waals surface area contributed by atoms with E-state index in [-0.39, 0.29) is 12.1 Å². The van der Waals surface area contributed by atoms with Gasteiger partial charge >= 0.3 is 5.97 Å². The van der Waals surface area contributed by atoms with Crippen LogP contribution in [0.15, 0.2) is 0 Å². The predicted molar refractivity (Wildman–Crippen MR) is 124 cm³/mol. The zero-order chi connectivity index (χ0) is 20.7. The van der Waals surface area contributed by atoms with Crippen molar-refractivity contribution in [2.75, 3.05) is 0 Å². The molecule has 2 heteroatoms. The summed E-state index contributed by atoms with van der Waals surface area (Å²) in [6, 6.07) is 0. The molecule has 1 atom stereocenters. The van der Waals surface area contributed by atoms with Gasteiger partial charge in [-0.25, -0.2) is 0 Å². The number of carbonyl (C=O) groups excluding carboxylic acids is 1. The Kier molecular flexibility index (Phi) is 22.3. The molecule has 0 amide bonds. The van der Waals surface area contributed by atoms with Crippen LogP contribution in [0.4, 0.5) is 0 Å². The van der Waals surface area contributed by atoms with Crippen LogP contribution in [0.3, 0.4) is 0 Å². The van der Waals surface area contributed by atoms with Crippen LogP contribution >= 0.6 is 0 Å². The maximum atomic E-state index is 11.9. The van der Waals surface area contributed by atoms with Gasteiger partial charge in [0.15, 0.2) is 0 Å². The smallest absolute Gasteiger partial charge is 0.306 e. The van der Waals surface area contributed by atoms with Crippen molar-refractivity contribution in [3.8, 4) is 0 Å². The molecule has 0 aromatic rings. The summed E-state index contributed by atoms with van der Waals surface area (Å²) in [6.07, 6.45) is 27.1. The molecule has 0 aromatic heterocycles. The summed E-state index contributed by atoms with van der Waals surface area (Å²) < 4.78 is 5.51. The maximum Gasteiger partial charge on any atom is 0.306 e. The lowest BCUT2D eigenvalue weighted by Gasteiger charge is -2.13. The molecule has 0 radical (unpaired) electrons. The SMILES string of the molecule is CCCCCCCCCCCCCCCCCC(=O)O[C@H](C)CCCCCC. The number of ether oxygens (including phenoxy) is 1. The summed E-state index contributed by atoms with van der Waals surface area (Å²) in [6.45, 7) is 6.54. The van der Waals surface area contributed by atoms with Gasteiger partial charge in [0, 0.05) is 6.42 Å². The lowest BCUT2D eigenvalue weighted by molar-refractivity contribution is -0.148. The van der Waals surface area contributed by atoms with Crippen molar-refractivity contribution >= 4 is 5.97 Å². The van der Waals surface area contributed by atoms with E-state index >= 15 is 0 Å². The summed E-state index contributed by atoms with van der Waals surface area (Å²) in [5.74, 6) is 0.0117. The fourth-order valence-corrected chi connectivity index (χ4v) is 3.84. The highest BCUT2D eigenvalue weighted by molar-refractivity contribution is 5.69. The third-order valence-electron chi connectivity index (χ3n) is 5.78. The highest BCUT2D eigenvalue weighted by Gasteiger charge is 2.08. The average molecular weight is 397 g/mol. The molecular weight excluding hydrogens is 344 g/mol. The molecule has 168 valence electrons. The Bertz CT molecular complexity index is 314. The van der Waals surface area contributed by atoms with Gasteiger partial charge in [-0.05, 0) is 26.2 Å². The van der Waals surface area contributed by atoms with Gasteiger partial charge in [-0.3, -0.25) is 4.79 Å². The minimum Gasteiger partial charge on any atom is -0.463 e. The van der Waals surface area contributed by atoms with E-state index in [2.05, 4.69) is 13.8 Å². The van der Waals surface area contributed by atoms with E-state index in [0.717, 1.165) is 12.8 Å². The van der Waals surface area contributed by atoms with Crippen LogP contribution in [0.2, 0.25) is 0 Å². The van der Waals surface area contributed by atoms with Crippen LogP contribution in [0.25, 0.3) is 0 Å². The first-order valence-corrected chi connectivity index (χ1v) is 12.9. The van der Waals surface area contributed by atoms with Gasteiger partial charge in [0.25, 0.3) is 0 Å². The molecule has 0 aliphatic rings. The molecule has 0 N–H and O–H groups in total. The Morgan fingerprint density at radius 3 is 1.36 bits per heavy atom. The molecule has 0 fully saturated rings. The van der Waals surface area contributed by atoms with Gasteiger partial charge in [0.05, 0.1) is 6.10 Å². The predicted octanol–water partition coefficient (Wildman–Crippen LogP) is 9.15. The second kappa shape index (κ2) is 22.8. The monoisotopic (exact) mass is 396 g/mol. The summed E-state index contributed by atoms with van der Waals surface area (Å²) in [5.41, 5.74) is 0. The normalized spacial score (nSPS) is 12.2. The molecule has 0 saturated heterocycles. The molecule has 0 bridgehead atoms. The molecular formula is C26H52O2. The van der Waals surface area contributed by atoms with E-state index < -0.39 is 0 Å². The highest BCUT2D eigenvalue weighted by atomic mass is 16.5. The van der Waals surface area contributed by atoms with Gasteiger partial charge in [-0.15, -0.1) is 0 Å². The van der Waals surface area contributed by atoms with Gasteiger partial charge in [-0.1, -0.05) is 123 Å². The number of hydrogen-bond acceptors (Lipinski definition) is 2. The van der Waals surface area contributed by atoms with Gasteiger partial charge < -0.3 is 4.74 Å². The summed E-state index contributed by atoms with van der Waals surface area (Å²) >= 11 is 0. The Balaban J connectivity index is 3.22. The molecule has 0 aliphatic carbocycles. The Morgan fingerprint density at radius 2 is 0.929 bits per heavy atom. The maximum absolute atomic E-state index is 11.9. The van der Waals surface area contributed by atoms with Crippen molar-refractivity contribution < 1.29 is 9.53 Å². The largest absolute Gasteiger partial charge is 0.463 e. The quantitative estimate of drug-likeness (QED) is 0.135. The van der Waals surface area contributed by atoms with Crippen molar-refractivity contribution in [2.24, 2.45) is 0 Å². The average Bonchev–Trinajstić information content (AvgIpc) is 2.68. The van der Waals surface area contributed by atoms with Crippen molar-refractivity contribution in [1.82, 2.24) is 0 Å². The third kappa shape index (κ3) is 21.8. The van der Waals surface area contributed by atoms with E-state index in [4.69, 9.17) is 4.74 Å². The Morgan fingerprint density at radius 1 is 0.571 bits per heavy atom. The molecule has 0 aliphatic heterocycles. The fourth-order valence-electron chi connectivity index (χ4n) is 3.84. The first-order chi connectivity index (χ1) is 13.7. The topological polar surface area (TPSA) is 26.3 Å². The summed E-state index contributed by atoms with van der Waals surface area (Å²) in [4.78, 5) is 11.9. The second-order valence-corrected chi connectivity index (χ2v) is 8.85. The van der Waals surface area contributed by atoms with Crippen molar-refractivity contribution in [3.63, 3.8) is 0 Å². The van der Waals surface area contributed by atoms with Crippen LogP contribution in [0.5, 0.6) is 0 Å². The first-order valence-electron chi connectivity index (χ1n) is 12.9. The lowest BCUT2D eigenvalue weighted by atomic mass is 10.0. The second-order valence-electron chi connectivity index (χ2n) is 8.85. The summed E-state index contributed by atoms with van der Waals surface area (Å²) in [5, 5.41) is 0. The van der Waals surface area contributed by atoms with Crippen molar-refractivity contribution in [2.45, 2.75) is 162 Å². The molecule has 0 unspecified atom stereocenters. The number of unbranched alkanes of at least 4 members (excludes halogenated alkanes) is 17. The van der Waals surface area contributed by atoms with Crippen molar-refractivity contribution in [1.29, 1.82) is 0 Å². The van der Waals surface area contributed by atoms with E-state index in [9.17, 15) is 4.79 Å². The lowest BCUT2D eigenvalue weighted by Crippen LogP contribution is -2.14. The van der Waals surface area contributed by atoms with Crippen molar-refractivity contribution in [3.05, 3.63) is 0 Å². The number of rotatable bonds is 22. The molecule has 2 nitrogen and oxygen atoms in total. The highest BCUT2D eigenvalue weighted by Crippen LogP contribution is 2.14. The number of hydrogen-bond donors (Lipinski definition) is 0. The standard InChI is InChI=1S/C26H52O2/c1-4-6-8-10-11-12-13-14-15-16-17-18-19-20-22-24-26(27)28-25(3)23-21-9-7-5-2/h25H,4-24H2,1-3H3/t25-/m1/s1. The zero-order valence-corrected chi connectivity index (χ0v) is 19.7.